The van der Waals surface area contributed by atoms with Crippen LogP contribution in [0.3, 0.4) is 0 Å². The number of fused-ring (bicyclic) bond motifs is 2. The lowest BCUT2D eigenvalue weighted by atomic mass is 10.1. The molecule has 1 atom stereocenters. The second-order valence-corrected chi connectivity index (χ2v) is 9.54. The molecular formula is C26H27N3O3S. The van der Waals surface area contributed by atoms with E-state index in [-0.39, 0.29) is 11.9 Å². The van der Waals surface area contributed by atoms with Gasteiger partial charge in [0, 0.05) is 36.6 Å². The molecule has 5 rings (SSSR count). The number of ether oxygens (including phenoxy) is 2. The SMILES string of the molecule is COc1ccc2c(c1)Oc1cc(C)ccc1N=C2N1CCN(C(=O)Cc2cccs2)C(C)C1. The summed E-state index contributed by atoms with van der Waals surface area (Å²) in [6.07, 6.45) is 0.464. The van der Waals surface area contributed by atoms with Crippen molar-refractivity contribution in [3.63, 3.8) is 0 Å². The molecule has 2 aliphatic rings. The summed E-state index contributed by atoms with van der Waals surface area (Å²) in [5.41, 5.74) is 2.84. The van der Waals surface area contributed by atoms with Crippen molar-refractivity contribution in [2.45, 2.75) is 26.3 Å². The first kappa shape index (κ1) is 21.5. The van der Waals surface area contributed by atoms with Crippen LogP contribution in [-0.4, -0.2) is 54.3 Å². The molecule has 1 fully saturated rings. The maximum absolute atomic E-state index is 12.9. The molecule has 3 heterocycles. The number of aliphatic imine (C=N–C) groups is 1. The predicted molar refractivity (Wildman–Crippen MR) is 131 cm³/mol. The molecular weight excluding hydrogens is 434 g/mol. The van der Waals surface area contributed by atoms with E-state index in [0.717, 1.165) is 44.8 Å². The second-order valence-electron chi connectivity index (χ2n) is 8.51. The molecule has 0 radical (unpaired) electrons. The topological polar surface area (TPSA) is 54.4 Å². The molecule has 170 valence electrons. The lowest BCUT2D eigenvalue weighted by Crippen LogP contribution is -2.55. The van der Waals surface area contributed by atoms with Gasteiger partial charge in [-0.15, -0.1) is 11.3 Å². The van der Waals surface area contributed by atoms with Gasteiger partial charge < -0.3 is 19.3 Å². The number of aryl methyl sites for hydroxylation is 1. The molecule has 0 saturated carbocycles. The number of methoxy groups -OCH3 is 1. The maximum Gasteiger partial charge on any atom is 0.228 e. The van der Waals surface area contributed by atoms with Crippen LogP contribution in [0.2, 0.25) is 0 Å². The van der Waals surface area contributed by atoms with Gasteiger partial charge in [0.15, 0.2) is 5.75 Å². The number of rotatable bonds is 3. The molecule has 0 spiro atoms. The lowest BCUT2D eigenvalue weighted by Gasteiger charge is -2.41. The van der Waals surface area contributed by atoms with Crippen molar-refractivity contribution in [2.24, 2.45) is 4.99 Å². The van der Waals surface area contributed by atoms with Crippen molar-refractivity contribution >= 4 is 28.8 Å². The number of hydrogen-bond donors (Lipinski definition) is 0. The molecule has 1 aromatic heterocycles. The van der Waals surface area contributed by atoms with Crippen molar-refractivity contribution in [2.75, 3.05) is 26.7 Å². The van der Waals surface area contributed by atoms with Gasteiger partial charge in [-0.2, -0.15) is 0 Å². The number of thiophene rings is 1. The first-order chi connectivity index (χ1) is 16.0. The standard InChI is InChI=1S/C26H27N3O3S/c1-17-6-9-22-24(13-17)32-23-14-19(31-3)7-8-21(23)26(27-22)28-10-11-29(18(2)16-28)25(30)15-20-5-4-12-33-20/h4-9,12-14,18H,10-11,15-16H2,1-3H3. The molecule has 0 N–H and O–H groups in total. The Morgan fingerprint density at radius 2 is 2.06 bits per heavy atom. The third-order valence-electron chi connectivity index (χ3n) is 6.14. The van der Waals surface area contributed by atoms with E-state index in [1.54, 1.807) is 18.4 Å². The Morgan fingerprint density at radius 3 is 2.82 bits per heavy atom. The molecule has 7 heteroatoms. The Morgan fingerprint density at radius 1 is 1.18 bits per heavy atom. The average Bonchev–Trinajstić information content (AvgIpc) is 3.25. The quantitative estimate of drug-likeness (QED) is 0.549. The number of amides is 1. The molecule has 6 nitrogen and oxygen atoms in total. The summed E-state index contributed by atoms with van der Waals surface area (Å²) in [6, 6.07) is 16.0. The van der Waals surface area contributed by atoms with Crippen LogP contribution < -0.4 is 9.47 Å². The van der Waals surface area contributed by atoms with E-state index in [4.69, 9.17) is 14.5 Å². The molecule has 1 unspecified atom stereocenters. The highest BCUT2D eigenvalue weighted by Gasteiger charge is 2.31. The fraction of sp³-hybridized carbons (Fsp3) is 0.308. The fourth-order valence-electron chi connectivity index (χ4n) is 4.41. The van der Waals surface area contributed by atoms with Gasteiger partial charge in [-0.05, 0) is 55.1 Å². The molecule has 0 bridgehead atoms. The Bertz CT molecular complexity index is 1210. The van der Waals surface area contributed by atoms with Crippen molar-refractivity contribution in [3.05, 3.63) is 69.9 Å². The minimum atomic E-state index is 0.0808. The van der Waals surface area contributed by atoms with Gasteiger partial charge in [-0.25, -0.2) is 4.99 Å². The number of piperazine rings is 1. The van der Waals surface area contributed by atoms with Crippen LogP contribution in [0.4, 0.5) is 5.69 Å². The molecule has 1 amide bonds. The molecule has 3 aromatic rings. The van der Waals surface area contributed by atoms with Crippen LogP contribution in [0.5, 0.6) is 17.2 Å². The minimum Gasteiger partial charge on any atom is -0.497 e. The zero-order chi connectivity index (χ0) is 22.9. The smallest absolute Gasteiger partial charge is 0.228 e. The van der Waals surface area contributed by atoms with Gasteiger partial charge in [-0.3, -0.25) is 4.79 Å². The van der Waals surface area contributed by atoms with Crippen LogP contribution >= 0.6 is 11.3 Å². The summed E-state index contributed by atoms with van der Waals surface area (Å²) in [6.45, 7) is 6.24. The van der Waals surface area contributed by atoms with E-state index in [9.17, 15) is 4.79 Å². The summed E-state index contributed by atoms with van der Waals surface area (Å²) in [5.74, 6) is 3.24. The molecule has 2 aliphatic heterocycles. The number of nitrogens with zero attached hydrogens (tertiary/aromatic N) is 3. The van der Waals surface area contributed by atoms with Gasteiger partial charge in [0.05, 0.1) is 19.1 Å². The summed E-state index contributed by atoms with van der Waals surface area (Å²) >= 11 is 1.63. The number of carbonyl (C=O) groups excluding carboxylic acids is 1. The monoisotopic (exact) mass is 461 g/mol. The highest BCUT2D eigenvalue weighted by molar-refractivity contribution is 7.10. The van der Waals surface area contributed by atoms with Crippen molar-refractivity contribution in [1.29, 1.82) is 0 Å². The summed E-state index contributed by atoms with van der Waals surface area (Å²) in [4.78, 5) is 23.3. The van der Waals surface area contributed by atoms with Crippen molar-refractivity contribution in [3.8, 4) is 17.2 Å². The number of hydrogen-bond acceptors (Lipinski definition) is 6. The summed E-state index contributed by atoms with van der Waals surface area (Å²) < 4.78 is 11.7. The number of benzene rings is 2. The van der Waals surface area contributed by atoms with E-state index in [0.29, 0.717) is 26.1 Å². The summed E-state index contributed by atoms with van der Waals surface area (Å²) in [7, 11) is 1.65. The maximum atomic E-state index is 12.9. The lowest BCUT2D eigenvalue weighted by molar-refractivity contribution is -0.134. The molecule has 1 saturated heterocycles. The minimum absolute atomic E-state index is 0.0808. The Labute approximate surface area is 198 Å². The molecule has 0 aliphatic carbocycles. The van der Waals surface area contributed by atoms with Gasteiger partial charge >= 0.3 is 0 Å². The van der Waals surface area contributed by atoms with E-state index in [2.05, 4.69) is 11.8 Å². The van der Waals surface area contributed by atoms with Gasteiger partial charge in [0.2, 0.25) is 5.91 Å². The second kappa shape index (κ2) is 8.90. The van der Waals surface area contributed by atoms with E-state index in [1.807, 2.05) is 65.7 Å². The number of amidine groups is 1. The van der Waals surface area contributed by atoms with Gasteiger partial charge in [0.25, 0.3) is 0 Å². The third-order valence-corrected chi connectivity index (χ3v) is 7.02. The van der Waals surface area contributed by atoms with Crippen LogP contribution in [0, 0.1) is 6.92 Å². The van der Waals surface area contributed by atoms with Gasteiger partial charge in [-0.1, -0.05) is 12.1 Å². The van der Waals surface area contributed by atoms with E-state index >= 15 is 0 Å². The predicted octanol–water partition coefficient (Wildman–Crippen LogP) is 5.02. The van der Waals surface area contributed by atoms with Crippen LogP contribution in [0.1, 0.15) is 22.9 Å². The molecule has 33 heavy (non-hydrogen) atoms. The first-order valence-corrected chi connectivity index (χ1v) is 12.0. The zero-order valence-electron chi connectivity index (χ0n) is 19.1. The van der Waals surface area contributed by atoms with E-state index < -0.39 is 0 Å². The van der Waals surface area contributed by atoms with Crippen LogP contribution in [-0.2, 0) is 11.2 Å². The largest absolute Gasteiger partial charge is 0.497 e. The highest BCUT2D eigenvalue weighted by atomic mass is 32.1. The average molecular weight is 462 g/mol. The van der Waals surface area contributed by atoms with Crippen LogP contribution in [0.15, 0.2) is 58.9 Å². The fourth-order valence-corrected chi connectivity index (χ4v) is 5.11. The first-order valence-electron chi connectivity index (χ1n) is 11.1. The van der Waals surface area contributed by atoms with E-state index in [1.165, 1.54) is 0 Å². The highest BCUT2D eigenvalue weighted by Crippen LogP contribution is 2.40. The van der Waals surface area contributed by atoms with Crippen molar-refractivity contribution < 1.29 is 14.3 Å². The summed E-state index contributed by atoms with van der Waals surface area (Å²) in [5, 5.41) is 2.02. The normalized spacial score (nSPS) is 17.4. The third kappa shape index (κ3) is 4.33. The Kier molecular flexibility index (Phi) is 5.81. The van der Waals surface area contributed by atoms with Crippen molar-refractivity contribution in [1.82, 2.24) is 9.80 Å². The zero-order valence-corrected chi connectivity index (χ0v) is 19.9. The molecule has 2 aromatic carbocycles. The van der Waals surface area contributed by atoms with Crippen LogP contribution in [0.25, 0.3) is 0 Å². The number of carbonyl (C=O) groups is 1. The Balaban J connectivity index is 1.44. The van der Waals surface area contributed by atoms with Gasteiger partial charge in [0.1, 0.15) is 23.0 Å². The Hall–Kier alpha value is -3.32.